The van der Waals surface area contributed by atoms with Crippen LogP contribution in [0.4, 0.5) is 4.79 Å². The zero-order valence-corrected chi connectivity index (χ0v) is 14.7. The fourth-order valence-corrected chi connectivity index (χ4v) is 2.94. The molecule has 7 heteroatoms. The minimum atomic E-state index is -0.512. The van der Waals surface area contributed by atoms with Crippen molar-refractivity contribution in [3.63, 3.8) is 0 Å². The lowest BCUT2D eigenvalue weighted by Gasteiger charge is -2.40. The molecule has 0 radical (unpaired) electrons. The molecule has 1 unspecified atom stereocenters. The van der Waals surface area contributed by atoms with Gasteiger partial charge in [0.25, 0.3) is 0 Å². The number of aliphatic hydroxyl groups excluding tert-OH is 1. The molecule has 3 rings (SSSR count). The first-order chi connectivity index (χ1) is 11.4. The first-order valence-electron chi connectivity index (χ1n) is 8.64. The maximum Gasteiger partial charge on any atom is 0.410 e. The van der Waals surface area contributed by atoms with Crippen LogP contribution < -0.4 is 0 Å². The fourth-order valence-electron chi connectivity index (χ4n) is 2.94. The number of ether oxygens (including phenoxy) is 1. The van der Waals surface area contributed by atoms with E-state index in [2.05, 4.69) is 10.1 Å². The summed E-state index contributed by atoms with van der Waals surface area (Å²) in [5.74, 6) is 1.39. The van der Waals surface area contributed by atoms with Gasteiger partial charge in [0.05, 0.1) is 24.9 Å². The van der Waals surface area contributed by atoms with E-state index in [0.29, 0.717) is 32.1 Å². The van der Waals surface area contributed by atoms with Crippen LogP contribution in [0.15, 0.2) is 10.6 Å². The van der Waals surface area contributed by atoms with Crippen molar-refractivity contribution in [1.29, 1.82) is 0 Å². The van der Waals surface area contributed by atoms with Crippen molar-refractivity contribution in [3.8, 4) is 0 Å². The second kappa shape index (κ2) is 6.72. The molecule has 1 aromatic rings. The van der Waals surface area contributed by atoms with Crippen molar-refractivity contribution in [2.24, 2.45) is 0 Å². The highest BCUT2D eigenvalue weighted by molar-refractivity contribution is 5.68. The summed E-state index contributed by atoms with van der Waals surface area (Å²) >= 11 is 0. The van der Waals surface area contributed by atoms with Crippen LogP contribution >= 0.6 is 0 Å². The second-order valence-electron chi connectivity index (χ2n) is 7.73. The Morgan fingerprint density at radius 3 is 2.79 bits per heavy atom. The van der Waals surface area contributed by atoms with Crippen LogP contribution in [0.1, 0.15) is 51.0 Å². The minimum Gasteiger partial charge on any atom is -0.444 e. The molecular weight excluding hydrogens is 310 g/mol. The SMILES string of the molecule is CC(C)(C)OC(=O)N1CCN(Cc2cc(C3CC3)no2)C(CO)C1. The first-order valence-corrected chi connectivity index (χ1v) is 8.64. The summed E-state index contributed by atoms with van der Waals surface area (Å²) in [6, 6.07) is 1.90. The number of piperazine rings is 1. The van der Waals surface area contributed by atoms with Gasteiger partial charge in [-0.3, -0.25) is 4.90 Å². The normalized spacial score (nSPS) is 22.7. The van der Waals surface area contributed by atoms with Gasteiger partial charge in [-0.15, -0.1) is 0 Å². The molecule has 0 spiro atoms. The zero-order valence-electron chi connectivity index (χ0n) is 14.7. The summed E-state index contributed by atoms with van der Waals surface area (Å²) in [6.07, 6.45) is 2.07. The molecule has 2 aliphatic rings. The summed E-state index contributed by atoms with van der Waals surface area (Å²) in [5, 5.41) is 13.8. The molecule has 1 atom stereocenters. The highest BCUT2D eigenvalue weighted by atomic mass is 16.6. The van der Waals surface area contributed by atoms with E-state index in [9.17, 15) is 9.90 Å². The first kappa shape index (κ1) is 17.2. The van der Waals surface area contributed by atoms with Crippen LogP contribution in [0.25, 0.3) is 0 Å². The van der Waals surface area contributed by atoms with E-state index < -0.39 is 5.60 Å². The molecule has 1 saturated heterocycles. The van der Waals surface area contributed by atoms with Crippen LogP contribution in [0, 0.1) is 0 Å². The molecular formula is C17H27N3O4. The Morgan fingerprint density at radius 2 is 2.17 bits per heavy atom. The van der Waals surface area contributed by atoms with E-state index >= 15 is 0 Å². The Kier molecular flexibility index (Phi) is 4.83. The summed E-state index contributed by atoms with van der Waals surface area (Å²) in [7, 11) is 0. The third-order valence-electron chi connectivity index (χ3n) is 4.40. The molecule has 0 aromatic carbocycles. The van der Waals surface area contributed by atoms with Gasteiger partial charge in [0.1, 0.15) is 5.60 Å². The van der Waals surface area contributed by atoms with Gasteiger partial charge in [0.2, 0.25) is 0 Å². The maximum atomic E-state index is 12.2. The molecule has 134 valence electrons. The molecule has 2 heterocycles. The molecule has 1 aromatic heterocycles. The highest BCUT2D eigenvalue weighted by Crippen LogP contribution is 2.39. The van der Waals surface area contributed by atoms with Gasteiger partial charge < -0.3 is 19.3 Å². The van der Waals surface area contributed by atoms with E-state index in [1.807, 2.05) is 26.8 Å². The number of rotatable bonds is 4. The smallest absolute Gasteiger partial charge is 0.410 e. The van der Waals surface area contributed by atoms with Crippen LogP contribution in [0.2, 0.25) is 0 Å². The average molecular weight is 337 g/mol. The molecule has 0 bridgehead atoms. The summed E-state index contributed by atoms with van der Waals surface area (Å²) in [4.78, 5) is 16.0. The molecule has 1 saturated carbocycles. The van der Waals surface area contributed by atoms with Crippen LogP contribution in [0.5, 0.6) is 0 Å². The molecule has 7 nitrogen and oxygen atoms in total. The molecule has 1 N–H and O–H groups in total. The van der Waals surface area contributed by atoms with Crippen molar-refractivity contribution in [1.82, 2.24) is 15.0 Å². The second-order valence-corrected chi connectivity index (χ2v) is 7.73. The summed E-state index contributed by atoms with van der Waals surface area (Å²) < 4.78 is 10.8. The average Bonchev–Trinajstić information content (AvgIpc) is 3.26. The van der Waals surface area contributed by atoms with Crippen molar-refractivity contribution < 1.29 is 19.2 Å². The minimum absolute atomic E-state index is 0.0110. The monoisotopic (exact) mass is 337 g/mol. The molecule has 1 aliphatic heterocycles. The predicted molar refractivity (Wildman–Crippen MR) is 87.6 cm³/mol. The van der Waals surface area contributed by atoms with E-state index in [1.54, 1.807) is 4.90 Å². The lowest BCUT2D eigenvalue weighted by molar-refractivity contribution is -0.00770. The molecule has 1 aliphatic carbocycles. The summed E-state index contributed by atoms with van der Waals surface area (Å²) in [6.45, 7) is 7.86. The van der Waals surface area contributed by atoms with Crippen molar-refractivity contribution >= 4 is 6.09 Å². The number of hydrogen-bond donors (Lipinski definition) is 1. The fraction of sp³-hybridized carbons (Fsp3) is 0.765. The quantitative estimate of drug-likeness (QED) is 0.905. The Hall–Kier alpha value is -1.60. The maximum absolute atomic E-state index is 12.2. The number of amides is 1. The van der Waals surface area contributed by atoms with Gasteiger partial charge in [-0.2, -0.15) is 0 Å². The van der Waals surface area contributed by atoms with Crippen molar-refractivity contribution in [2.45, 2.75) is 57.7 Å². The number of aromatic nitrogens is 1. The molecule has 24 heavy (non-hydrogen) atoms. The topological polar surface area (TPSA) is 79.0 Å². The third kappa shape index (κ3) is 4.27. The van der Waals surface area contributed by atoms with E-state index in [1.165, 1.54) is 12.8 Å². The lowest BCUT2D eigenvalue weighted by Crippen LogP contribution is -2.56. The Morgan fingerprint density at radius 1 is 1.42 bits per heavy atom. The van der Waals surface area contributed by atoms with Gasteiger partial charge in [-0.25, -0.2) is 4.79 Å². The van der Waals surface area contributed by atoms with Gasteiger partial charge in [-0.1, -0.05) is 5.16 Å². The van der Waals surface area contributed by atoms with Crippen LogP contribution in [0.3, 0.4) is 0 Å². The van der Waals surface area contributed by atoms with Crippen molar-refractivity contribution in [3.05, 3.63) is 17.5 Å². The number of carbonyl (C=O) groups excluding carboxylic acids is 1. The van der Waals surface area contributed by atoms with E-state index in [4.69, 9.17) is 9.26 Å². The van der Waals surface area contributed by atoms with E-state index in [-0.39, 0.29) is 18.7 Å². The Balaban J connectivity index is 1.57. The number of aliphatic hydroxyl groups is 1. The van der Waals surface area contributed by atoms with Crippen LogP contribution in [-0.2, 0) is 11.3 Å². The number of nitrogens with zero attached hydrogens (tertiary/aromatic N) is 3. The van der Waals surface area contributed by atoms with Gasteiger partial charge in [0.15, 0.2) is 5.76 Å². The van der Waals surface area contributed by atoms with Crippen molar-refractivity contribution in [2.75, 3.05) is 26.2 Å². The third-order valence-corrected chi connectivity index (χ3v) is 4.40. The Bertz CT molecular complexity index is 577. The van der Waals surface area contributed by atoms with Gasteiger partial charge >= 0.3 is 6.09 Å². The number of carbonyl (C=O) groups is 1. The predicted octanol–water partition coefficient (Wildman–Crippen LogP) is 1.97. The summed E-state index contributed by atoms with van der Waals surface area (Å²) in [5.41, 5.74) is 0.528. The standard InChI is InChI=1S/C17H27N3O4/c1-17(2,3)23-16(22)20-7-6-19(13(9-20)11-21)10-14-8-15(18-24-14)12-4-5-12/h8,12-13,21H,4-7,9-11H2,1-3H3. The lowest BCUT2D eigenvalue weighted by atomic mass is 10.1. The van der Waals surface area contributed by atoms with Crippen LogP contribution in [-0.4, -0.2) is 64.0 Å². The van der Waals surface area contributed by atoms with E-state index in [0.717, 1.165) is 11.5 Å². The molecule has 2 fully saturated rings. The van der Waals surface area contributed by atoms with Gasteiger partial charge in [0, 0.05) is 31.6 Å². The zero-order chi connectivity index (χ0) is 17.3. The van der Waals surface area contributed by atoms with Gasteiger partial charge in [-0.05, 0) is 33.6 Å². The Labute approximate surface area is 142 Å². The highest BCUT2D eigenvalue weighted by Gasteiger charge is 2.33. The molecule has 1 amide bonds. The number of hydrogen-bond acceptors (Lipinski definition) is 6. The largest absolute Gasteiger partial charge is 0.444 e.